The van der Waals surface area contributed by atoms with Gasteiger partial charge in [0, 0.05) is 5.56 Å². The summed E-state index contributed by atoms with van der Waals surface area (Å²) >= 11 is 0. The summed E-state index contributed by atoms with van der Waals surface area (Å²) in [6, 6.07) is 23.9. The lowest BCUT2D eigenvalue weighted by atomic mass is 10.2. The second kappa shape index (κ2) is 6.59. The Hall–Kier alpha value is -3.07. The molecule has 0 aliphatic carbocycles. The molecule has 0 spiro atoms. The number of rotatable bonds is 5. The molecule has 0 aliphatic rings. The van der Waals surface area contributed by atoms with Crippen molar-refractivity contribution >= 4 is 6.29 Å². The Labute approximate surface area is 128 Å². The number of para-hydroxylation sites is 3. The lowest BCUT2D eigenvalue weighted by Crippen LogP contribution is -1.90. The van der Waals surface area contributed by atoms with Crippen LogP contribution in [0.1, 0.15) is 10.4 Å². The van der Waals surface area contributed by atoms with Gasteiger partial charge in [-0.2, -0.15) is 0 Å². The van der Waals surface area contributed by atoms with Crippen LogP contribution in [0.3, 0.4) is 0 Å². The van der Waals surface area contributed by atoms with E-state index in [-0.39, 0.29) is 0 Å². The minimum Gasteiger partial charge on any atom is -0.453 e. The Bertz CT molecular complexity index is 749. The van der Waals surface area contributed by atoms with Crippen LogP contribution in [0.2, 0.25) is 0 Å². The molecule has 3 heteroatoms. The van der Waals surface area contributed by atoms with Crippen LogP contribution in [0.25, 0.3) is 0 Å². The molecule has 0 heterocycles. The zero-order chi connectivity index (χ0) is 15.2. The molecule has 22 heavy (non-hydrogen) atoms. The third-order valence-electron chi connectivity index (χ3n) is 3.06. The maximum Gasteiger partial charge on any atom is 0.169 e. The Kier molecular flexibility index (Phi) is 4.16. The van der Waals surface area contributed by atoms with E-state index in [0.717, 1.165) is 12.0 Å². The zero-order valence-electron chi connectivity index (χ0n) is 11.8. The minimum absolute atomic E-state index is 0.612. The number of hydrogen-bond donors (Lipinski definition) is 0. The third kappa shape index (κ3) is 3.33. The molecule has 3 rings (SSSR count). The summed E-state index contributed by atoms with van der Waals surface area (Å²) in [4.78, 5) is 10.7. The number of benzene rings is 3. The van der Waals surface area contributed by atoms with Gasteiger partial charge in [0.05, 0.1) is 0 Å². The van der Waals surface area contributed by atoms with Crippen molar-refractivity contribution in [3.63, 3.8) is 0 Å². The van der Waals surface area contributed by atoms with Crippen LogP contribution >= 0.6 is 0 Å². The summed E-state index contributed by atoms with van der Waals surface area (Å²) in [6.45, 7) is 0. The highest BCUT2D eigenvalue weighted by Gasteiger charge is 2.06. The van der Waals surface area contributed by atoms with Crippen molar-refractivity contribution in [1.29, 1.82) is 0 Å². The first-order chi connectivity index (χ1) is 10.8. The molecule has 0 saturated carbocycles. The van der Waals surface area contributed by atoms with Gasteiger partial charge in [-0.3, -0.25) is 4.79 Å². The monoisotopic (exact) mass is 290 g/mol. The minimum atomic E-state index is 0.612. The summed E-state index contributed by atoms with van der Waals surface area (Å²) in [7, 11) is 0. The standard InChI is InChI=1S/C19H14O3/c20-14-15-10-12-17(13-11-15)22-19-9-5-4-8-18(19)21-16-6-2-1-3-7-16/h1-14H. The van der Waals surface area contributed by atoms with Crippen molar-refractivity contribution in [3.8, 4) is 23.0 Å². The van der Waals surface area contributed by atoms with E-state index >= 15 is 0 Å². The molecule has 3 aromatic carbocycles. The molecular formula is C19H14O3. The molecular weight excluding hydrogens is 276 g/mol. The molecule has 0 fully saturated rings. The topological polar surface area (TPSA) is 35.5 Å². The molecule has 108 valence electrons. The Morgan fingerprint density at radius 1 is 0.591 bits per heavy atom. The zero-order valence-corrected chi connectivity index (χ0v) is 11.8. The normalized spacial score (nSPS) is 10.0. The van der Waals surface area contributed by atoms with Crippen molar-refractivity contribution in [2.24, 2.45) is 0 Å². The highest BCUT2D eigenvalue weighted by molar-refractivity contribution is 5.74. The Morgan fingerprint density at radius 3 is 1.64 bits per heavy atom. The third-order valence-corrected chi connectivity index (χ3v) is 3.06. The molecule has 0 atom stereocenters. The second-order valence-electron chi connectivity index (χ2n) is 4.65. The fraction of sp³-hybridized carbons (Fsp3) is 0. The van der Waals surface area contributed by atoms with Crippen molar-refractivity contribution < 1.29 is 14.3 Å². The van der Waals surface area contributed by atoms with Crippen LogP contribution in [-0.2, 0) is 0 Å². The highest BCUT2D eigenvalue weighted by Crippen LogP contribution is 2.34. The first-order valence-electron chi connectivity index (χ1n) is 6.90. The quantitative estimate of drug-likeness (QED) is 0.614. The van der Waals surface area contributed by atoms with Crippen molar-refractivity contribution in [2.75, 3.05) is 0 Å². The van der Waals surface area contributed by atoms with Crippen LogP contribution in [0.15, 0.2) is 78.9 Å². The smallest absolute Gasteiger partial charge is 0.169 e. The van der Waals surface area contributed by atoms with Gasteiger partial charge in [0.15, 0.2) is 11.5 Å². The number of hydrogen-bond acceptors (Lipinski definition) is 3. The highest BCUT2D eigenvalue weighted by atomic mass is 16.5. The van der Waals surface area contributed by atoms with Crippen LogP contribution in [0.4, 0.5) is 0 Å². The summed E-state index contributed by atoms with van der Waals surface area (Å²) < 4.78 is 11.7. The van der Waals surface area contributed by atoms with E-state index in [2.05, 4.69) is 0 Å². The maximum absolute atomic E-state index is 10.7. The number of carbonyl (C=O) groups is 1. The van der Waals surface area contributed by atoms with Gasteiger partial charge < -0.3 is 9.47 Å². The molecule has 0 aliphatic heterocycles. The van der Waals surface area contributed by atoms with Gasteiger partial charge in [-0.15, -0.1) is 0 Å². The van der Waals surface area contributed by atoms with Crippen LogP contribution in [0.5, 0.6) is 23.0 Å². The average Bonchev–Trinajstić information content (AvgIpc) is 2.58. The lowest BCUT2D eigenvalue weighted by molar-refractivity contribution is 0.112. The van der Waals surface area contributed by atoms with Gasteiger partial charge in [0.25, 0.3) is 0 Å². The molecule has 3 nitrogen and oxygen atoms in total. The predicted octanol–water partition coefficient (Wildman–Crippen LogP) is 5.08. The molecule has 0 radical (unpaired) electrons. The fourth-order valence-electron chi connectivity index (χ4n) is 1.98. The molecule has 0 bridgehead atoms. The fourth-order valence-corrected chi connectivity index (χ4v) is 1.98. The molecule has 0 amide bonds. The summed E-state index contributed by atoms with van der Waals surface area (Å²) in [5.74, 6) is 2.64. The van der Waals surface area contributed by atoms with E-state index in [1.54, 1.807) is 24.3 Å². The molecule has 0 saturated heterocycles. The van der Waals surface area contributed by atoms with Crippen molar-refractivity contribution in [3.05, 3.63) is 84.4 Å². The number of aldehydes is 1. The van der Waals surface area contributed by atoms with Gasteiger partial charge in [-0.25, -0.2) is 0 Å². The van der Waals surface area contributed by atoms with Crippen LogP contribution in [0, 0.1) is 0 Å². The van der Waals surface area contributed by atoms with E-state index in [1.807, 2.05) is 54.6 Å². The largest absolute Gasteiger partial charge is 0.453 e. The Balaban J connectivity index is 1.82. The molecule has 3 aromatic rings. The first kappa shape index (κ1) is 13.9. The van der Waals surface area contributed by atoms with Gasteiger partial charge in [0.2, 0.25) is 0 Å². The summed E-state index contributed by atoms with van der Waals surface area (Å²) in [5.41, 5.74) is 0.612. The van der Waals surface area contributed by atoms with E-state index < -0.39 is 0 Å². The molecule has 0 N–H and O–H groups in total. The molecule has 0 aromatic heterocycles. The second-order valence-corrected chi connectivity index (χ2v) is 4.65. The predicted molar refractivity (Wildman–Crippen MR) is 84.9 cm³/mol. The van der Waals surface area contributed by atoms with Gasteiger partial charge in [-0.1, -0.05) is 30.3 Å². The maximum atomic E-state index is 10.7. The number of ether oxygens (including phenoxy) is 2. The molecule has 0 unspecified atom stereocenters. The van der Waals surface area contributed by atoms with Gasteiger partial charge in [0.1, 0.15) is 17.8 Å². The van der Waals surface area contributed by atoms with E-state index in [0.29, 0.717) is 22.8 Å². The van der Waals surface area contributed by atoms with Crippen molar-refractivity contribution in [1.82, 2.24) is 0 Å². The van der Waals surface area contributed by atoms with Gasteiger partial charge >= 0.3 is 0 Å². The van der Waals surface area contributed by atoms with E-state index in [9.17, 15) is 4.79 Å². The summed E-state index contributed by atoms with van der Waals surface area (Å²) in [5, 5.41) is 0. The van der Waals surface area contributed by atoms with E-state index in [1.165, 1.54) is 0 Å². The van der Waals surface area contributed by atoms with Gasteiger partial charge in [-0.05, 0) is 48.5 Å². The SMILES string of the molecule is O=Cc1ccc(Oc2ccccc2Oc2ccccc2)cc1. The van der Waals surface area contributed by atoms with Crippen LogP contribution < -0.4 is 9.47 Å². The van der Waals surface area contributed by atoms with Crippen molar-refractivity contribution in [2.45, 2.75) is 0 Å². The first-order valence-corrected chi connectivity index (χ1v) is 6.90. The van der Waals surface area contributed by atoms with E-state index in [4.69, 9.17) is 9.47 Å². The average molecular weight is 290 g/mol. The number of carbonyl (C=O) groups excluding carboxylic acids is 1. The lowest BCUT2D eigenvalue weighted by Gasteiger charge is -2.12. The van der Waals surface area contributed by atoms with Crippen LogP contribution in [-0.4, -0.2) is 6.29 Å². The Morgan fingerprint density at radius 2 is 1.09 bits per heavy atom. The summed E-state index contributed by atoms with van der Waals surface area (Å²) in [6.07, 6.45) is 0.802.